The zero-order valence-electron chi connectivity index (χ0n) is 12.0. The molecule has 0 amide bonds. The number of aromatic nitrogens is 3. The van der Waals surface area contributed by atoms with Gasteiger partial charge in [-0.3, -0.25) is 4.40 Å². The molecule has 0 radical (unpaired) electrons. The van der Waals surface area contributed by atoms with Crippen LogP contribution in [0.4, 0.5) is 0 Å². The second-order valence-corrected chi connectivity index (χ2v) is 5.79. The third-order valence-corrected chi connectivity index (χ3v) is 3.96. The summed E-state index contributed by atoms with van der Waals surface area (Å²) in [4.78, 5) is 8.71. The number of nitrogens with zero attached hydrogens (tertiary/aromatic N) is 3. The first-order chi connectivity index (χ1) is 10.2. The van der Waals surface area contributed by atoms with Gasteiger partial charge in [0.1, 0.15) is 10.4 Å². The van der Waals surface area contributed by atoms with Crippen molar-refractivity contribution in [2.24, 2.45) is 0 Å². The highest BCUT2D eigenvalue weighted by Gasteiger charge is 2.14. The lowest BCUT2D eigenvalue weighted by molar-refractivity contribution is 0.453. The number of fused-ring (bicyclic) bond motifs is 1. The predicted molar refractivity (Wildman–Crippen MR) is 85.9 cm³/mol. The summed E-state index contributed by atoms with van der Waals surface area (Å²) in [6.45, 7) is 4.37. The van der Waals surface area contributed by atoms with Gasteiger partial charge in [0.05, 0.1) is 0 Å². The lowest BCUT2D eigenvalue weighted by Crippen LogP contribution is -1.99. The molecule has 0 aliphatic heterocycles. The maximum absolute atomic E-state index is 6.06. The molecule has 3 aromatic rings. The van der Waals surface area contributed by atoms with Crippen molar-refractivity contribution in [1.29, 1.82) is 0 Å². The van der Waals surface area contributed by atoms with Crippen LogP contribution in [0.5, 0.6) is 11.6 Å². The van der Waals surface area contributed by atoms with Crippen LogP contribution in [0.25, 0.3) is 5.65 Å². The van der Waals surface area contributed by atoms with Gasteiger partial charge in [-0.2, -0.15) is 0 Å². The number of rotatable bonds is 4. The van der Waals surface area contributed by atoms with Crippen molar-refractivity contribution < 1.29 is 4.74 Å². The number of para-hydroxylation sites is 1. The van der Waals surface area contributed by atoms with Crippen molar-refractivity contribution in [1.82, 2.24) is 14.4 Å². The second-order valence-electron chi connectivity index (χ2n) is 4.98. The van der Waals surface area contributed by atoms with Gasteiger partial charge in [-0.05, 0) is 39.9 Å². The first-order valence-electron chi connectivity index (χ1n) is 6.95. The molecule has 0 aliphatic rings. The molecule has 0 bridgehead atoms. The highest BCUT2D eigenvalue weighted by Crippen LogP contribution is 2.32. The molecule has 4 nitrogen and oxygen atoms in total. The van der Waals surface area contributed by atoms with Gasteiger partial charge >= 0.3 is 0 Å². The van der Waals surface area contributed by atoms with Crippen molar-refractivity contribution in [2.75, 3.05) is 0 Å². The number of hydrogen-bond acceptors (Lipinski definition) is 3. The van der Waals surface area contributed by atoms with Crippen LogP contribution in [-0.2, 0) is 0 Å². The molecule has 5 heteroatoms. The summed E-state index contributed by atoms with van der Waals surface area (Å²) in [6.07, 6.45) is 6.52. The van der Waals surface area contributed by atoms with Crippen LogP contribution >= 0.6 is 15.9 Å². The Labute approximate surface area is 131 Å². The molecule has 21 heavy (non-hydrogen) atoms. The highest BCUT2D eigenvalue weighted by atomic mass is 79.9. The van der Waals surface area contributed by atoms with E-state index in [-0.39, 0.29) is 0 Å². The van der Waals surface area contributed by atoms with Gasteiger partial charge in [0.25, 0.3) is 5.88 Å². The molecule has 0 N–H and O–H groups in total. The van der Waals surface area contributed by atoms with Gasteiger partial charge < -0.3 is 4.74 Å². The van der Waals surface area contributed by atoms with Gasteiger partial charge in [-0.1, -0.05) is 32.0 Å². The zero-order chi connectivity index (χ0) is 14.8. The van der Waals surface area contributed by atoms with E-state index < -0.39 is 0 Å². The van der Waals surface area contributed by atoms with E-state index in [0.717, 1.165) is 12.2 Å². The van der Waals surface area contributed by atoms with Crippen LogP contribution in [0.15, 0.2) is 47.5 Å². The van der Waals surface area contributed by atoms with Gasteiger partial charge in [0.15, 0.2) is 0 Å². The topological polar surface area (TPSA) is 39.4 Å². The summed E-state index contributed by atoms with van der Waals surface area (Å²) in [7, 11) is 0. The minimum Gasteiger partial charge on any atom is -0.436 e. The molecule has 0 saturated carbocycles. The number of imidazole rings is 1. The van der Waals surface area contributed by atoms with Crippen LogP contribution in [-0.4, -0.2) is 14.4 Å². The quantitative estimate of drug-likeness (QED) is 0.681. The first-order valence-corrected chi connectivity index (χ1v) is 7.74. The third kappa shape index (κ3) is 2.78. The summed E-state index contributed by atoms with van der Waals surface area (Å²) in [5.41, 5.74) is 1.89. The van der Waals surface area contributed by atoms with Crippen LogP contribution in [0.1, 0.15) is 31.7 Å². The summed E-state index contributed by atoms with van der Waals surface area (Å²) in [5, 5.41) is 0. The van der Waals surface area contributed by atoms with Crippen molar-refractivity contribution in [3.63, 3.8) is 0 Å². The van der Waals surface area contributed by atoms with Crippen molar-refractivity contribution in [3.8, 4) is 11.6 Å². The minimum atomic E-state index is 0.434. The van der Waals surface area contributed by atoms with Crippen LogP contribution in [0.2, 0.25) is 0 Å². The summed E-state index contributed by atoms with van der Waals surface area (Å²) < 4.78 is 8.66. The monoisotopic (exact) mass is 345 g/mol. The van der Waals surface area contributed by atoms with Crippen LogP contribution in [0, 0.1) is 0 Å². The zero-order valence-corrected chi connectivity index (χ0v) is 13.5. The molecule has 1 atom stereocenters. The van der Waals surface area contributed by atoms with Crippen molar-refractivity contribution >= 4 is 21.6 Å². The van der Waals surface area contributed by atoms with E-state index in [9.17, 15) is 0 Å². The number of hydrogen-bond donors (Lipinski definition) is 0. The number of benzene rings is 1. The Balaban J connectivity index is 2.05. The standard InChI is InChI=1S/C16H16BrN3O/c1-3-11(2)12-6-4-5-7-13(12)21-16-15-18-8-9-20(15)10-14(17)19-16/h4-11H,3H2,1-2H3. The van der Waals surface area contributed by atoms with E-state index in [4.69, 9.17) is 4.74 Å². The van der Waals surface area contributed by atoms with Crippen molar-refractivity contribution in [3.05, 3.63) is 53.0 Å². The van der Waals surface area contributed by atoms with E-state index >= 15 is 0 Å². The highest BCUT2D eigenvalue weighted by molar-refractivity contribution is 9.10. The Morgan fingerprint density at radius 2 is 2.14 bits per heavy atom. The Hall–Kier alpha value is -1.88. The summed E-state index contributed by atoms with van der Waals surface area (Å²) in [5.74, 6) is 1.77. The van der Waals surface area contributed by atoms with Gasteiger partial charge in [0.2, 0.25) is 5.65 Å². The first kappa shape index (κ1) is 14.1. The molecule has 0 spiro atoms. The molecule has 2 heterocycles. The Bertz CT molecular complexity index is 769. The molecule has 2 aromatic heterocycles. The fraction of sp³-hybridized carbons (Fsp3) is 0.250. The van der Waals surface area contributed by atoms with Crippen molar-refractivity contribution in [2.45, 2.75) is 26.2 Å². The average Bonchev–Trinajstić information content (AvgIpc) is 2.95. The molecular formula is C16H16BrN3O. The number of halogens is 1. The molecule has 0 aliphatic carbocycles. The predicted octanol–water partition coefficient (Wildman–Crippen LogP) is 4.80. The maximum atomic E-state index is 6.06. The molecule has 0 saturated heterocycles. The Morgan fingerprint density at radius 1 is 1.33 bits per heavy atom. The summed E-state index contributed by atoms with van der Waals surface area (Å²) in [6, 6.07) is 8.09. The van der Waals surface area contributed by atoms with E-state index in [1.807, 2.05) is 35.0 Å². The molecule has 1 unspecified atom stereocenters. The fourth-order valence-corrected chi connectivity index (χ4v) is 2.63. The van der Waals surface area contributed by atoms with Gasteiger partial charge in [-0.15, -0.1) is 0 Å². The Kier molecular flexibility index (Phi) is 3.92. The normalized spacial score (nSPS) is 12.5. The third-order valence-electron chi connectivity index (χ3n) is 3.58. The maximum Gasteiger partial charge on any atom is 0.264 e. The summed E-state index contributed by atoms with van der Waals surface area (Å²) >= 11 is 3.40. The van der Waals surface area contributed by atoms with E-state index in [2.05, 4.69) is 45.8 Å². The van der Waals surface area contributed by atoms with E-state index in [1.54, 1.807) is 6.20 Å². The van der Waals surface area contributed by atoms with Gasteiger partial charge in [0, 0.05) is 18.6 Å². The van der Waals surface area contributed by atoms with Crippen LogP contribution in [0.3, 0.4) is 0 Å². The largest absolute Gasteiger partial charge is 0.436 e. The molecular weight excluding hydrogens is 330 g/mol. The fourth-order valence-electron chi connectivity index (χ4n) is 2.25. The smallest absolute Gasteiger partial charge is 0.264 e. The molecule has 0 fully saturated rings. The van der Waals surface area contributed by atoms with E-state index in [0.29, 0.717) is 22.0 Å². The second kappa shape index (κ2) is 5.85. The SMILES string of the molecule is CCC(C)c1ccccc1Oc1nc(Br)cn2ccnc12. The average molecular weight is 346 g/mol. The number of ether oxygens (including phenoxy) is 1. The lowest BCUT2D eigenvalue weighted by atomic mass is 9.98. The molecule has 1 aromatic carbocycles. The lowest BCUT2D eigenvalue weighted by Gasteiger charge is -2.15. The molecule has 108 valence electrons. The Morgan fingerprint density at radius 3 is 2.95 bits per heavy atom. The van der Waals surface area contributed by atoms with E-state index in [1.165, 1.54) is 5.56 Å². The minimum absolute atomic E-state index is 0.434. The molecule has 3 rings (SSSR count). The van der Waals surface area contributed by atoms with Gasteiger partial charge in [-0.25, -0.2) is 9.97 Å². The van der Waals surface area contributed by atoms with Crippen LogP contribution < -0.4 is 4.74 Å².